The Balaban J connectivity index is 1.30. The molecule has 2 aliphatic carbocycles. The first-order valence-electron chi connectivity index (χ1n) is 9.47. The van der Waals surface area contributed by atoms with Crippen molar-refractivity contribution in [2.45, 2.75) is 13.0 Å². The molecule has 0 unspecified atom stereocenters. The summed E-state index contributed by atoms with van der Waals surface area (Å²) in [6.45, 7) is 0.386. The van der Waals surface area contributed by atoms with Gasteiger partial charge in [-0.05, 0) is 54.2 Å². The predicted octanol–water partition coefficient (Wildman–Crippen LogP) is 2.32. The number of benzene rings is 1. The number of amides is 3. The van der Waals surface area contributed by atoms with Crippen molar-refractivity contribution in [2.75, 3.05) is 4.90 Å². The predicted molar refractivity (Wildman–Crippen MR) is 102 cm³/mol. The molecule has 140 valence electrons. The molecule has 0 radical (unpaired) electrons. The number of pyridine rings is 1. The number of carbonyl (C=O) groups excluding carboxylic acids is 3. The second-order valence-electron chi connectivity index (χ2n) is 7.60. The smallest absolute Gasteiger partial charge is 0.251 e. The van der Waals surface area contributed by atoms with Gasteiger partial charge in [0.2, 0.25) is 11.8 Å². The number of nitrogens with zero attached hydrogens (tertiary/aromatic N) is 2. The van der Waals surface area contributed by atoms with E-state index in [0.717, 1.165) is 12.0 Å². The minimum Gasteiger partial charge on any atom is -0.348 e. The molecule has 3 amide bonds. The Morgan fingerprint density at radius 1 is 1.04 bits per heavy atom. The van der Waals surface area contributed by atoms with Gasteiger partial charge in [0.25, 0.3) is 5.91 Å². The molecule has 1 saturated carbocycles. The number of carbonyl (C=O) groups is 3. The summed E-state index contributed by atoms with van der Waals surface area (Å²) in [5.41, 5.74) is 1.93. The molecule has 4 atom stereocenters. The lowest BCUT2D eigenvalue weighted by Gasteiger charge is -2.17. The van der Waals surface area contributed by atoms with E-state index < -0.39 is 0 Å². The number of imide groups is 1. The van der Waals surface area contributed by atoms with Crippen molar-refractivity contribution in [3.05, 3.63) is 72.1 Å². The van der Waals surface area contributed by atoms with Crippen LogP contribution in [0.15, 0.2) is 60.9 Å². The van der Waals surface area contributed by atoms with Gasteiger partial charge in [0, 0.05) is 24.5 Å². The summed E-state index contributed by atoms with van der Waals surface area (Å²) in [7, 11) is 0. The Bertz CT molecular complexity index is 954. The van der Waals surface area contributed by atoms with Gasteiger partial charge in [-0.15, -0.1) is 0 Å². The first kappa shape index (κ1) is 16.9. The SMILES string of the molecule is O=C(NCc1cccnc1)c1ccc(N2C(=O)[C@@H]3[C@H](C2=O)[C@@H]2C=C[C@H]3C2)cc1. The van der Waals surface area contributed by atoms with Crippen LogP contribution in [0.3, 0.4) is 0 Å². The second-order valence-corrected chi connectivity index (χ2v) is 7.60. The van der Waals surface area contributed by atoms with E-state index in [1.807, 2.05) is 12.1 Å². The molecule has 3 aliphatic rings. The zero-order chi connectivity index (χ0) is 19.3. The maximum absolute atomic E-state index is 12.9. The van der Waals surface area contributed by atoms with Gasteiger partial charge in [-0.25, -0.2) is 0 Å². The number of aromatic nitrogens is 1. The van der Waals surface area contributed by atoms with Crippen molar-refractivity contribution in [3.63, 3.8) is 0 Å². The molecule has 28 heavy (non-hydrogen) atoms. The summed E-state index contributed by atoms with van der Waals surface area (Å²) in [5, 5.41) is 2.84. The van der Waals surface area contributed by atoms with Gasteiger partial charge in [0.1, 0.15) is 0 Å². The molecule has 1 saturated heterocycles. The average Bonchev–Trinajstić information content (AvgIpc) is 3.41. The number of fused-ring (bicyclic) bond motifs is 5. The Labute approximate surface area is 162 Å². The Hall–Kier alpha value is -3.28. The van der Waals surface area contributed by atoms with Gasteiger partial charge < -0.3 is 5.32 Å². The molecule has 1 aromatic heterocycles. The van der Waals surface area contributed by atoms with Crippen LogP contribution in [-0.4, -0.2) is 22.7 Å². The molecule has 6 nitrogen and oxygen atoms in total. The van der Waals surface area contributed by atoms with Crippen LogP contribution in [0.4, 0.5) is 5.69 Å². The van der Waals surface area contributed by atoms with Crippen molar-refractivity contribution in [3.8, 4) is 0 Å². The fourth-order valence-corrected chi connectivity index (χ4v) is 4.71. The zero-order valence-corrected chi connectivity index (χ0v) is 15.1. The third-order valence-electron chi connectivity index (χ3n) is 6.03. The van der Waals surface area contributed by atoms with E-state index in [4.69, 9.17) is 0 Å². The standard InChI is InChI=1S/C22H19N3O3/c26-20(24-12-13-2-1-9-23-11-13)14-5-7-17(8-6-14)25-21(27)18-15-3-4-16(10-15)19(18)22(25)28/h1-9,11,15-16,18-19H,10,12H2,(H,24,26)/t15-,16+,18-,19+. The lowest BCUT2D eigenvalue weighted by molar-refractivity contribution is -0.123. The summed E-state index contributed by atoms with van der Waals surface area (Å²) in [6.07, 6.45) is 8.45. The van der Waals surface area contributed by atoms with Crippen LogP contribution in [0.5, 0.6) is 0 Å². The first-order valence-corrected chi connectivity index (χ1v) is 9.47. The molecule has 1 aromatic carbocycles. The molecule has 6 heteroatoms. The third kappa shape index (κ3) is 2.56. The lowest BCUT2D eigenvalue weighted by atomic mass is 9.85. The maximum atomic E-state index is 12.9. The topological polar surface area (TPSA) is 79.4 Å². The van der Waals surface area contributed by atoms with Crippen LogP contribution in [0, 0.1) is 23.7 Å². The van der Waals surface area contributed by atoms with Crippen molar-refractivity contribution in [1.82, 2.24) is 10.3 Å². The molecular weight excluding hydrogens is 354 g/mol. The minimum absolute atomic E-state index is 0.111. The Morgan fingerprint density at radius 2 is 1.71 bits per heavy atom. The molecule has 5 rings (SSSR count). The number of hydrogen-bond donors (Lipinski definition) is 1. The van der Waals surface area contributed by atoms with Gasteiger partial charge in [-0.3, -0.25) is 24.3 Å². The van der Waals surface area contributed by atoms with Crippen LogP contribution in [-0.2, 0) is 16.1 Å². The lowest BCUT2D eigenvalue weighted by Crippen LogP contribution is -2.32. The van der Waals surface area contributed by atoms with Crippen LogP contribution < -0.4 is 10.2 Å². The van der Waals surface area contributed by atoms with Crippen molar-refractivity contribution >= 4 is 23.4 Å². The summed E-state index contributed by atoms with van der Waals surface area (Å²) >= 11 is 0. The van der Waals surface area contributed by atoms with Crippen LogP contribution >= 0.6 is 0 Å². The average molecular weight is 373 g/mol. The van der Waals surface area contributed by atoms with E-state index in [9.17, 15) is 14.4 Å². The highest BCUT2D eigenvalue weighted by molar-refractivity contribution is 6.22. The molecule has 2 heterocycles. The number of nitrogens with one attached hydrogen (secondary N) is 1. The van der Waals surface area contributed by atoms with Crippen molar-refractivity contribution < 1.29 is 14.4 Å². The van der Waals surface area contributed by atoms with Gasteiger partial charge in [0.05, 0.1) is 17.5 Å². The third-order valence-corrected chi connectivity index (χ3v) is 6.03. The largest absolute Gasteiger partial charge is 0.348 e. The van der Waals surface area contributed by atoms with Gasteiger partial charge in [0.15, 0.2) is 0 Å². The summed E-state index contributed by atoms with van der Waals surface area (Å²) in [5.74, 6) is -0.493. The molecule has 2 bridgehead atoms. The van der Waals surface area contributed by atoms with Crippen molar-refractivity contribution in [2.24, 2.45) is 23.7 Å². The molecule has 2 fully saturated rings. The van der Waals surface area contributed by atoms with E-state index in [2.05, 4.69) is 22.5 Å². The molecule has 0 spiro atoms. The molecule has 1 aliphatic heterocycles. The van der Waals surface area contributed by atoms with Crippen LogP contribution in [0.25, 0.3) is 0 Å². The highest BCUT2D eigenvalue weighted by Gasteiger charge is 2.59. The molecule has 2 aromatic rings. The normalized spacial score (nSPS) is 27.4. The Morgan fingerprint density at radius 3 is 2.32 bits per heavy atom. The van der Waals surface area contributed by atoms with Gasteiger partial charge in [-0.2, -0.15) is 0 Å². The van der Waals surface area contributed by atoms with E-state index >= 15 is 0 Å². The fourth-order valence-electron chi connectivity index (χ4n) is 4.71. The fraction of sp³-hybridized carbons (Fsp3) is 0.273. The van der Waals surface area contributed by atoms with E-state index in [0.29, 0.717) is 17.8 Å². The number of allylic oxidation sites excluding steroid dienone is 2. The number of anilines is 1. The van der Waals surface area contributed by atoms with Gasteiger partial charge in [-0.1, -0.05) is 18.2 Å². The Kier molecular flexibility index (Phi) is 3.86. The quantitative estimate of drug-likeness (QED) is 0.659. The van der Waals surface area contributed by atoms with Crippen molar-refractivity contribution in [1.29, 1.82) is 0 Å². The van der Waals surface area contributed by atoms with E-state index in [-0.39, 0.29) is 41.4 Å². The minimum atomic E-state index is -0.218. The van der Waals surface area contributed by atoms with E-state index in [1.54, 1.807) is 36.7 Å². The van der Waals surface area contributed by atoms with Crippen LogP contribution in [0.2, 0.25) is 0 Å². The molecule has 1 N–H and O–H groups in total. The zero-order valence-electron chi connectivity index (χ0n) is 15.1. The monoisotopic (exact) mass is 373 g/mol. The number of hydrogen-bond acceptors (Lipinski definition) is 4. The summed E-state index contributed by atoms with van der Waals surface area (Å²) in [6, 6.07) is 10.3. The maximum Gasteiger partial charge on any atom is 0.251 e. The summed E-state index contributed by atoms with van der Waals surface area (Å²) < 4.78 is 0. The van der Waals surface area contributed by atoms with E-state index in [1.165, 1.54) is 4.90 Å². The first-order chi connectivity index (χ1) is 13.6. The second kappa shape index (κ2) is 6.41. The number of rotatable bonds is 4. The highest BCUT2D eigenvalue weighted by atomic mass is 16.2. The highest BCUT2D eigenvalue weighted by Crippen LogP contribution is 2.53. The van der Waals surface area contributed by atoms with Crippen LogP contribution in [0.1, 0.15) is 22.3 Å². The van der Waals surface area contributed by atoms with Gasteiger partial charge >= 0.3 is 0 Å². The summed E-state index contributed by atoms with van der Waals surface area (Å²) in [4.78, 5) is 43.4. The molecular formula is C22H19N3O3.